The van der Waals surface area contributed by atoms with Crippen molar-refractivity contribution in [1.29, 1.82) is 0 Å². The average Bonchev–Trinajstić information content (AvgIpc) is 3.16. The van der Waals surface area contributed by atoms with E-state index in [1.807, 2.05) is 49.4 Å². The van der Waals surface area contributed by atoms with E-state index in [0.717, 1.165) is 48.8 Å². The Morgan fingerprint density at radius 3 is 2.53 bits per heavy atom. The molecule has 0 aromatic heterocycles. The Bertz CT molecular complexity index is 1200. The van der Waals surface area contributed by atoms with Crippen LogP contribution in [-0.2, 0) is 4.79 Å². The third-order valence-electron chi connectivity index (χ3n) is 7.53. The fourth-order valence-electron chi connectivity index (χ4n) is 5.64. The fraction of sp³-hybridized carbons (Fsp3) is 0.357. The molecule has 2 N–H and O–H groups in total. The van der Waals surface area contributed by atoms with Crippen LogP contribution in [-0.4, -0.2) is 48.9 Å². The molecule has 3 aromatic rings. The molecule has 3 aromatic carbocycles. The lowest BCUT2D eigenvalue weighted by Gasteiger charge is -2.41. The third kappa shape index (κ3) is 4.30. The molecule has 5 nitrogen and oxygen atoms in total. The highest BCUT2D eigenvalue weighted by Gasteiger charge is 2.51. The summed E-state index contributed by atoms with van der Waals surface area (Å²) in [7, 11) is 0. The summed E-state index contributed by atoms with van der Waals surface area (Å²) in [6.45, 7) is 4.94. The van der Waals surface area contributed by atoms with Gasteiger partial charge in [0.05, 0.1) is 5.41 Å². The first kappa shape index (κ1) is 22.5. The van der Waals surface area contributed by atoms with Crippen molar-refractivity contribution in [3.05, 3.63) is 83.7 Å². The summed E-state index contributed by atoms with van der Waals surface area (Å²) in [6.07, 6.45) is 1.51. The number of halogens is 1. The number of hydrogen-bond donors (Lipinski definition) is 2. The zero-order valence-electron chi connectivity index (χ0n) is 19.4. The number of likely N-dealkylation sites (tertiary alicyclic amines) is 1. The first-order chi connectivity index (χ1) is 16.4. The lowest BCUT2D eigenvalue weighted by molar-refractivity contribution is -0.130. The van der Waals surface area contributed by atoms with Gasteiger partial charge in [-0.15, -0.1) is 0 Å². The zero-order chi connectivity index (χ0) is 23.7. The molecule has 5 rings (SSSR count). The third-order valence-corrected chi connectivity index (χ3v) is 7.53. The van der Waals surface area contributed by atoms with Gasteiger partial charge in [-0.05, 0) is 73.5 Å². The summed E-state index contributed by atoms with van der Waals surface area (Å²) in [5.74, 6) is -0.158. The van der Waals surface area contributed by atoms with Gasteiger partial charge in [-0.25, -0.2) is 4.39 Å². The average molecular weight is 460 g/mol. The van der Waals surface area contributed by atoms with E-state index in [2.05, 4.69) is 15.5 Å². The SMILES string of the molecule is C[C@@H](CN1CCC2(CC1)C(=O)NC[C@H]2c1ccc(F)cc1)NC(=O)c1ccc2ccccc2c1. The van der Waals surface area contributed by atoms with Crippen LogP contribution in [0.2, 0.25) is 0 Å². The number of nitrogens with one attached hydrogen (secondary N) is 2. The number of hydrogen-bond acceptors (Lipinski definition) is 3. The molecule has 0 radical (unpaired) electrons. The van der Waals surface area contributed by atoms with Crippen LogP contribution in [0.15, 0.2) is 66.7 Å². The van der Waals surface area contributed by atoms with Gasteiger partial charge in [0.1, 0.15) is 5.82 Å². The van der Waals surface area contributed by atoms with Crippen molar-refractivity contribution in [1.82, 2.24) is 15.5 Å². The van der Waals surface area contributed by atoms with Crippen LogP contribution in [0.5, 0.6) is 0 Å². The highest BCUT2D eigenvalue weighted by Crippen LogP contribution is 2.47. The van der Waals surface area contributed by atoms with Gasteiger partial charge in [0, 0.05) is 30.6 Å². The van der Waals surface area contributed by atoms with Crippen molar-refractivity contribution in [2.75, 3.05) is 26.2 Å². The molecule has 2 aliphatic rings. The van der Waals surface area contributed by atoms with Gasteiger partial charge < -0.3 is 15.5 Å². The topological polar surface area (TPSA) is 61.4 Å². The molecular formula is C28H30FN3O2. The van der Waals surface area contributed by atoms with Gasteiger partial charge in [-0.1, -0.05) is 42.5 Å². The van der Waals surface area contributed by atoms with Crippen molar-refractivity contribution >= 4 is 22.6 Å². The summed E-state index contributed by atoms with van der Waals surface area (Å²) in [5.41, 5.74) is 1.24. The Labute approximate surface area is 199 Å². The summed E-state index contributed by atoms with van der Waals surface area (Å²) in [5, 5.41) is 8.34. The van der Waals surface area contributed by atoms with E-state index in [1.165, 1.54) is 12.1 Å². The second kappa shape index (κ2) is 9.18. The second-order valence-electron chi connectivity index (χ2n) is 9.71. The van der Waals surface area contributed by atoms with E-state index >= 15 is 0 Å². The maximum absolute atomic E-state index is 13.4. The molecule has 0 aliphatic carbocycles. The van der Waals surface area contributed by atoms with E-state index in [0.29, 0.717) is 12.1 Å². The van der Waals surface area contributed by atoms with Crippen LogP contribution >= 0.6 is 0 Å². The molecule has 1 spiro atoms. The van der Waals surface area contributed by atoms with Gasteiger partial charge in [-0.2, -0.15) is 0 Å². The predicted octanol–water partition coefficient (Wildman–Crippen LogP) is 4.09. The van der Waals surface area contributed by atoms with E-state index < -0.39 is 5.41 Å². The normalized spacial score (nSPS) is 20.9. The molecule has 176 valence electrons. The van der Waals surface area contributed by atoms with Crippen molar-refractivity contribution in [2.45, 2.75) is 31.7 Å². The minimum Gasteiger partial charge on any atom is -0.355 e. The molecule has 2 saturated heterocycles. The number of piperidine rings is 1. The molecule has 0 saturated carbocycles. The molecule has 2 atom stereocenters. The van der Waals surface area contributed by atoms with Crippen molar-refractivity contribution in [3.63, 3.8) is 0 Å². The summed E-state index contributed by atoms with van der Waals surface area (Å²) in [4.78, 5) is 28.0. The molecule has 0 bridgehead atoms. The number of fused-ring (bicyclic) bond motifs is 1. The van der Waals surface area contributed by atoms with Crippen LogP contribution in [0.4, 0.5) is 4.39 Å². The monoisotopic (exact) mass is 459 g/mol. The molecule has 0 unspecified atom stereocenters. The molecule has 2 amide bonds. The molecule has 2 fully saturated rings. The first-order valence-electron chi connectivity index (χ1n) is 12.0. The Morgan fingerprint density at radius 1 is 1.09 bits per heavy atom. The number of benzene rings is 3. The number of carbonyl (C=O) groups is 2. The summed E-state index contributed by atoms with van der Waals surface area (Å²) >= 11 is 0. The van der Waals surface area contributed by atoms with Gasteiger partial charge >= 0.3 is 0 Å². The van der Waals surface area contributed by atoms with Gasteiger partial charge in [0.15, 0.2) is 0 Å². The van der Waals surface area contributed by atoms with Gasteiger partial charge in [-0.3, -0.25) is 9.59 Å². The van der Waals surface area contributed by atoms with E-state index in [4.69, 9.17) is 0 Å². The standard InChI is InChI=1S/C28H30FN3O2/c1-19(31-26(33)23-7-6-20-4-2-3-5-22(20)16-23)18-32-14-12-28(13-15-32)25(17-30-27(28)34)21-8-10-24(29)11-9-21/h2-11,16,19,25H,12-15,17-18H2,1H3,(H,30,34)(H,31,33)/t19-,25-/m0/s1. The molecular weight excluding hydrogens is 429 g/mol. The molecule has 2 aliphatic heterocycles. The highest BCUT2D eigenvalue weighted by molar-refractivity contribution is 5.98. The highest BCUT2D eigenvalue weighted by atomic mass is 19.1. The number of carbonyl (C=O) groups excluding carboxylic acids is 2. The number of amides is 2. The quantitative estimate of drug-likeness (QED) is 0.604. The second-order valence-corrected chi connectivity index (χ2v) is 9.71. The maximum atomic E-state index is 13.4. The Hall–Kier alpha value is -3.25. The van der Waals surface area contributed by atoms with Crippen molar-refractivity contribution in [3.8, 4) is 0 Å². The fourth-order valence-corrected chi connectivity index (χ4v) is 5.64. The maximum Gasteiger partial charge on any atom is 0.251 e. The van der Waals surface area contributed by atoms with Crippen LogP contribution in [0.25, 0.3) is 10.8 Å². The Kier molecular flexibility index (Phi) is 6.09. The van der Waals surface area contributed by atoms with E-state index in [-0.39, 0.29) is 29.6 Å². The molecule has 34 heavy (non-hydrogen) atoms. The van der Waals surface area contributed by atoms with Crippen LogP contribution in [0.3, 0.4) is 0 Å². The van der Waals surface area contributed by atoms with Gasteiger partial charge in [0.2, 0.25) is 5.91 Å². The molecule has 2 heterocycles. The van der Waals surface area contributed by atoms with Crippen LogP contribution in [0.1, 0.15) is 41.6 Å². The lowest BCUT2D eigenvalue weighted by atomic mass is 9.68. The van der Waals surface area contributed by atoms with E-state index in [9.17, 15) is 14.0 Å². The zero-order valence-corrected chi connectivity index (χ0v) is 19.4. The van der Waals surface area contributed by atoms with Gasteiger partial charge in [0.25, 0.3) is 5.91 Å². The summed E-state index contributed by atoms with van der Waals surface area (Å²) in [6, 6.07) is 20.3. The van der Waals surface area contributed by atoms with Crippen molar-refractivity contribution in [2.24, 2.45) is 5.41 Å². The minimum absolute atomic E-state index is 0.0154. The smallest absolute Gasteiger partial charge is 0.251 e. The number of rotatable bonds is 5. The van der Waals surface area contributed by atoms with Crippen LogP contribution < -0.4 is 10.6 Å². The molecule has 6 heteroatoms. The number of nitrogens with zero attached hydrogens (tertiary/aromatic N) is 1. The largest absolute Gasteiger partial charge is 0.355 e. The Morgan fingerprint density at radius 2 is 1.79 bits per heavy atom. The first-order valence-corrected chi connectivity index (χ1v) is 12.0. The summed E-state index contributed by atoms with van der Waals surface area (Å²) < 4.78 is 13.4. The van der Waals surface area contributed by atoms with E-state index in [1.54, 1.807) is 12.1 Å². The Balaban J connectivity index is 1.19. The van der Waals surface area contributed by atoms with Crippen molar-refractivity contribution < 1.29 is 14.0 Å². The minimum atomic E-state index is -0.439. The lowest BCUT2D eigenvalue weighted by Crippen LogP contribution is -2.49. The predicted molar refractivity (Wildman–Crippen MR) is 131 cm³/mol. The van der Waals surface area contributed by atoms with Crippen LogP contribution in [0, 0.1) is 11.2 Å².